The molecular formula is C25H26FN3O3. The zero-order valence-electron chi connectivity index (χ0n) is 18.1. The quantitative estimate of drug-likeness (QED) is 0.517. The van der Waals surface area contributed by atoms with Gasteiger partial charge >= 0.3 is 0 Å². The van der Waals surface area contributed by atoms with Crippen LogP contribution < -0.4 is 15.4 Å². The van der Waals surface area contributed by atoms with E-state index < -0.39 is 5.82 Å². The molecule has 0 unspecified atom stereocenters. The number of anilines is 2. The largest absolute Gasteiger partial charge is 0.494 e. The number of para-hydroxylation sites is 2. The van der Waals surface area contributed by atoms with Crippen LogP contribution >= 0.6 is 0 Å². The third-order valence-electron chi connectivity index (χ3n) is 4.91. The molecule has 0 aliphatic heterocycles. The lowest BCUT2D eigenvalue weighted by molar-refractivity contribution is -0.117. The van der Waals surface area contributed by atoms with Crippen LogP contribution in [0.3, 0.4) is 0 Å². The number of nitrogens with one attached hydrogen (secondary N) is 2. The van der Waals surface area contributed by atoms with Crippen LogP contribution in [0.25, 0.3) is 0 Å². The number of ether oxygens (including phenoxy) is 1. The maximum Gasteiger partial charge on any atom is 0.257 e. The molecule has 0 saturated carbocycles. The minimum atomic E-state index is -0.441. The lowest BCUT2D eigenvalue weighted by atomic mass is 10.1. The second-order valence-electron chi connectivity index (χ2n) is 7.19. The Morgan fingerprint density at radius 2 is 1.69 bits per heavy atom. The Kier molecular flexibility index (Phi) is 7.94. The van der Waals surface area contributed by atoms with Crippen molar-refractivity contribution in [2.45, 2.75) is 13.5 Å². The summed E-state index contributed by atoms with van der Waals surface area (Å²) in [5, 5.41) is 5.65. The number of benzene rings is 3. The Hall–Kier alpha value is -3.71. The van der Waals surface area contributed by atoms with Crippen LogP contribution in [0.2, 0.25) is 0 Å². The van der Waals surface area contributed by atoms with E-state index in [0.29, 0.717) is 30.0 Å². The lowest BCUT2D eigenvalue weighted by Gasteiger charge is -2.20. The number of amides is 2. The van der Waals surface area contributed by atoms with Crippen molar-refractivity contribution >= 4 is 23.2 Å². The molecular weight excluding hydrogens is 409 g/mol. The molecule has 6 nitrogen and oxygen atoms in total. The Balaban J connectivity index is 1.65. The van der Waals surface area contributed by atoms with Gasteiger partial charge in [-0.1, -0.05) is 43.3 Å². The van der Waals surface area contributed by atoms with E-state index >= 15 is 0 Å². The molecule has 2 N–H and O–H groups in total. The van der Waals surface area contributed by atoms with E-state index in [9.17, 15) is 14.0 Å². The van der Waals surface area contributed by atoms with Crippen LogP contribution in [0.5, 0.6) is 5.75 Å². The van der Waals surface area contributed by atoms with Gasteiger partial charge in [0.1, 0.15) is 0 Å². The number of carbonyl (C=O) groups is 2. The number of hydrogen-bond acceptors (Lipinski definition) is 4. The smallest absolute Gasteiger partial charge is 0.257 e. The van der Waals surface area contributed by atoms with Gasteiger partial charge in [0.15, 0.2) is 11.6 Å². The third-order valence-corrected chi connectivity index (χ3v) is 4.91. The molecule has 0 atom stereocenters. The molecule has 3 aromatic rings. The highest BCUT2D eigenvalue weighted by Crippen LogP contribution is 2.20. The fourth-order valence-electron chi connectivity index (χ4n) is 3.25. The van der Waals surface area contributed by atoms with Crippen molar-refractivity contribution in [1.29, 1.82) is 0 Å². The van der Waals surface area contributed by atoms with E-state index in [-0.39, 0.29) is 24.1 Å². The van der Waals surface area contributed by atoms with E-state index in [4.69, 9.17) is 4.74 Å². The van der Waals surface area contributed by atoms with Crippen LogP contribution in [0.1, 0.15) is 22.8 Å². The maximum absolute atomic E-state index is 14.0. The highest BCUT2D eigenvalue weighted by molar-refractivity contribution is 6.10. The summed E-state index contributed by atoms with van der Waals surface area (Å²) in [5.41, 5.74) is 2.20. The third kappa shape index (κ3) is 6.15. The molecule has 3 rings (SSSR count). The van der Waals surface area contributed by atoms with Gasteiger partial charge in [0, 0.05) is 12.2 Å². The minimum Gasteiger partial charge on any atom is -0.494 e. The molecule has 0 aliphatic carbocycles. The highest BCUT2D eigenvalue weighted by atomic mass is 19.1. The van der Waals surface area contributed by atoms with Gasteiger partial charge in [0.25, 0.3) is 5.91 Å². The number of halogens is 1. The van der Waals surface area contributed by atoms with E-state index in [1.165, 1.54) is 13.2 Å². The number of rotatable bonds is 9. The van der Waals surface area contributed by atoms with Gasteiger partial charge in [0.05, 0.1) is 24.9 Å². The van der Waals surface area contributed by atoms with E-state index in [1.807, 2.05) is 30.0 Å². The summed E-state index contributed by atoms with van der Waals surface area (Å²) in [6, 6.07) is 20.7. The zero-order chi connectivity index (χ0) is 22.9. The standard InChI is InChI=1S/C25H26FN3O3/c1-3-29(16-18-13-14-23(32-2)21(26)15-18)17-24(30)28-22-12-8-7-11-20(22)25(31)27-19-9-5-4-6-10-19/h4-15H,3,16-17H2,1-2H3,(H,27,31)(H,28,30). The normalized spacial score (nSPS) is 10.6. The molecule has 0 bridgehead atoms. The Morgan fingerprint density at radius 1 is 0.969 bits per heavy atom. The monoisotopic (exact) mass is 435 g/mol. The van der Waals surface area contributed by atoms with Crippen molar-refractivity contribution < 1.29 is 18.7 Å². The van der Waals surface area contributed by atoms with Gasteiger partial charge < -0.3 is 15.4 Å². The SMILES string of the molecule is CCN(CC(=O)Nc1ccccc1C(=O)Nc1ccccc1)Cc1ccc(OC)c(F)c1. The maximum atomic E-state index is 14.0. The zero-order valence-corrected chi connectivity index (χ0v) is 18.1. The lowest BCUT2D eigenvalue weighted by Crippen LogP contribution is -2.33. The van der Waals surface area contributed by atoms with Gasteiger partial charge in [-0.2, -0.15) is 0 Å². The first-order valence-corrected chi connectivity index (χ1v) is 10.3. The molecule has 2 amide bonds. The number of methoxy groups -OCH3 is 1. The Labute approximate surface area is 187 Å². The van der Waals surface area contributed by atoms with Crippen molar-refractivity contribution in [2.24, 2.45) is 0 Å². The van der Waals surface area contributed by atoms with Crippen LogP contribution in [0.4, 0.5) is 15.8 Å². The average Bonchev–Trinajstić information content (AvgIpc) is 2.79. The van der Waals surface area contributed by atoms with Crippen molar-refractivity contribution in [3.8, 4) is 5.75 Å². The summed E-state index contributed by atoms with van der Waals surface area (Å²) < 4.78 is 18.9. The molecule has 0 fully saturated rings. The summed E-state index contributed by atoms with van der Waals surface area (Å²) in [4.78, 5) is 27.3. The number of likely N-dealkylation sites (N-methyl/N-ethyl adjacent to an activating group) is 1. The molecule has 0 saturated heterocycles. The molecule has 0 spiro atoms. The van der Waals surface area contributed by atoms with Gasteiger partial charge in [-0.3, -0.25) is 14.5 Å². The first-order valence-electron chi connectivity index (χ1n) is 10.3. The van der Waals surface area contributed by atoms with E-state index in [1.54, 1.807) is 48.5 Å². The van der Waals surface area contributed by atoms with Gasteiger partial charge in [0.2, 0.25) is 5.91 Å². The predicted molar refractivity (Wildman–Crippen MR) is 123 cm³/mol. The topological polar surface area (TPSA) is 70.7 Å². The van der Waals surface area contributed by atoms with Gasteiger partial charge in [-0.15, -0.1) is 0 Å². The predicted octanol–water partition coefficient (Wildman–Crippen LogP) is 4.55. The van der Waals surface area contributed by atoms with Crippen molar-refractivity contribution in [1.82, 2.24) is 4.90 Å². The molecule has 7 heteroatoms. The van der Waals surface area contributed by atoms with Crippen molar-refractivity contribution in [2.75, 3.05) is 30.8 Å². The van der Waals surface area contributed by atoms with Gasteiger partial charge in [-0.25, -0.2) is 4.39 Å². The summed E-state index contributed by atoms with van der Waals surface area (Å²) in [6.45, 7) is 3.02. The summed E-state index contributed by atoms with van der Waals surface area (Å²) in [5.74, 6) is -0.835. The molecule has 166 valence electrons. The van der Waals surface area contributed by atoms with Crippen molar-refractivity contribution in [3.05, 3.63) is 89.7 Å². The van der Waals surface area contributed by atoms with Crippen LogP contribution in [0.15, 0.2) is 72.8 Å². The molecule has 0 heterocycles. The molecule has 32 heavy (non-hydrogen) atoms. The fourth-order valence-corrected chi connectivity index (χ4v) is 3.25. The summed E-state index contributed by atoms with van der Waals surface area (Å²) in [7, 11) is 1.42. The molecule has 3 aromatic carbocycles. The summed E-state index contributed by atoms with van der Waals surface area (Å²) in [6.07, 6.45) is 0. The highest BCUT2D eigenvalue weighted by Gasteiger charge is 2.16. The first kappa shape index (κ1) is 23.0. The van der Waals surface area contributed by atoms with E-state index in [0.717, 1.165) is 5.56 Å². The van der Waals surface area contributed by atoms with E-state index in [2.05, 4.69) is 10.6 Å². The number of carbonyl (C=O) groups excluding carboxylic acids is 2. The van der Waals surface area contributed by atoms with Crippen LogP contribution in [0, 0.1) is 5.82 Å². The average molecular weight is 435 g/mol. The van der Waals surface area contributed by atoms with Crippen LogP contribution in [-0.2, 0) is 11.3 Å². The second-order valence-corrected chi connectivity index (χ2v) is 7.19. The Bertz CT molecular complexity index is 1070. The number of nitrogens with zero attached hydrogens (tertiary/aromatic N) is 1. The number of hydrogen-bond donors (Lipinski definition) is 2. The summed E-state index contributed by atoms with van der Waals surface area (Å²) >= 11 is 0. The van der Waals surface area contributed by atoms with Gasteiger partial charge in [-0.05, 0) is 48.5 Å². The molecule has 0 aliphatic rings. The molecule has 0 radical (unpaired) electrons. The molecule has 0 aromatic heterocycles. The first-order chi connectivity index (χ1) is 15.5. The van der Waals surface area contributed by atoms with Crippen LogP contribution in [-0.4, -0.2) is 36.9 Å². The fraction of sp³-hybridized carbons (Fsp3) is 0.200. The Morgan fingerprint density at radius 3 is 2.38 bits per heavy atom. The second kappa shape index (κ2) is 11.1. The van der Waals surface area contributed by atoms with Crippen molar-refractivity contribution in [3.63, 3.8) is 0 Å². The minimum absolute atomic E-state index is 0.0960.